The summed E-state index contributed by atoms with van der Waals surface area (Å²) in [5.74, 6) is -1.04. The maximum atomic E-state index is 14.0. The van der Waals surface area contributed by atoms with Crippen LogP contribution in [0.1, 0.15) is 48.1 Å². The van der Waals surface area contributed by atoms with E-state index in [1.54, 1.807) is 56.3 Å². The average Bonchev–Trinajstić information content (AvgIpc) is 2.92. The van der Waals surface area contributed by atoms with Crippen LogP contribution in [0.5, 0.6) is 0 Å². The number of halogens is 2. The predicted octanol–water partition coefficient (Wildman–Crippen LogP) is 5.34. The third kappa shape index (κ3) is 6.78. The first-order chi connectivity index (χ1) is 19.2. The van der Waals surface area contributed by atoms with E-state index in [0.29, 0.717) is 27.9 Å². The molecule has 208 valence electrons. The minimum atomic E-state index is -1.33. The van der Waals surface area contributed by atoms with Gasteiger partial charge in [-0.25, -0.2) is 9.78 Å². The topological polar surface area (TPSA) is 108 Å². The Morgan fingerprint density at radius 3 is 2.42 bits per heavy atom. The molecule has 40 heavy (non-hydrogen) atoms. The number of nitrogens with zero attached hydrogens (tertiary/aromatic N) is 3. The Hall–Kier alpha value is -3.53. The SMILES string of the molecule is CC(C)OC(=O)C(c1nc2cc(Cl)ccc2c(=O)n1Cc1ccccc1)N(CCCN)C(=O)c1ccc(Br)cc1. The Bertz CT molecular complexity index is 1560. The molecule has 0 fully saturated rings. The summed E-state index contributed by atoms with van der Waals surface area (Å²) in [5, 5.41) is 0.728. The molecule has 8 nitrogen and oxygen atoms in total. The molecular formula is C30H30BrClN4O4. The number of ether oxygens (including phenoxy) is 1. The Kier molecular flexibility index (Phi) is 9.73. The van der Waals surface area contributed by atoms with Gasteiger partial charge in [0.15, 0.2) is 6.04 Å². The summed E-state index contributed by atoms with van der Waals surface area (Å²) in [6, 6.07) is 19.7. The van der Waals surface area contributed by atoms with Crippen LogP contribution in [-0.2, 0) is 16.1 Å². The molecule has 0 bridgehead atoms. The summed E-state index contributed by atoms with van der Waals surface area (Å²) < 4.78 is 7.90. The highest BCUT2D eigenvalue weighted by Crippen LogP contribution is 2.27. The van der Waals surface area contributed by atoms with Crippen LogP contribution in [0.15, 0.2) is 82.1 Å². The Balaban J connectivity index is 1.98. The van der Waals surface area contributed by atoms with Gasteiger partial charge in [-0.3, -0.25) is 14.2 Å². The minimum absolute atomic E-state index is 0.0803. The molecule has 1 atom stereocenters. The van der Waals surface area contributed by atoms with Gasteiger partial charge in [0.25, 0.3) is 11.5 Å². The number of rotatable bonds is 10. The van der Waals surface area contributed by atoms with Crippen LogP contribution in [0.3, 0.4) is 0 Å². The van der Waals surface area contributed by atoms with E-state index in [1.807, 2.05) is 30.3 Å². The normalized spacial score (nSPS) is 11.9. The molecule has 2 N–H and O–H groups in total. The molecule has 0 saturated heterocycles. The molecule has 10 heteroatoms. The van der Waals surface area contributed by atoms with Crippen LogP contribution in [0.2, 0.25) is 5.02 Å². The second kappa shape index (κ2) is 13.2. The van der Waals surface area contributed by atoms with Crippen molar-refractivity contribution in [1.82, 2.24) is 14.5 Å². The number of esters is 1. The zero-order chi connectivity index (χ0) is 28.8. The van der Waals surface area contributed by atoms with Crippen molar-refractivity contribution in [1.29, 1.82) is 0 Å². The highest BCUT2D eigenvalue weighted by Gasteiger charge is 2.37. The van der Waals surface area contributed by atoms with E-state index in [0.717, 1.165) is 10.0 Å². The number of hydrogen-bond donors (Lipinski definition) is 1. The largest absolute Gasteiger partial charge is 0.461 e. The number of carbonyl (C=O) groups is 2. The number of aromatic nitrogens is 2. The third-order valence-corrected chi connectivity index (χ3v) is 6.98. The van der Waals surface area contributed by atoms with Crippen molar-refractivity contribution < 1.29 is 14.3 Å². The number of hydrogen-bond acceptors (Lipinski definition) is 6. The fourth-order valence-corrected chi connectivity index (χ4v) is 4.81. The lowest BCUT2D eigenvalue weighted by molar-refractivity contribution is -0.153. The standard InChI is InChI=1S/C30H30BrClN4O4/c1-19(2)40-30(39)26(35(16-6-15-33)28(37)21-9-11-22(31)12-10-21)27-34-25-17-23(32)13-14-24(25)29(38)36(27)18-20-7-4-3-5-8-20/h3-5,7-14,17,19,26H,6,15-16,18,33H2,1-2H3. The first kappa shape index (κ1) is 29.5. The van der Waals surface area contributed by atoms with E-state index in [2.05, 4.69) is 15.9 Å². The van der Waals surface area contributed by atoms with Gasteiger partial charge in [-0.1, -0.05) is 57.9 Å². The number of benzene rings is 3. The molecule has 4 rings (SSSR count). The molecule has 0 aliphatic rings. The van der Waals surface area contributed by atoms with E-state index in [9.17, 15) is 14.4 Å². The molecule has 3 aromatic carbocycles. The van der Waals surface area contributed by atoms with Gasteiger partial charge in [-0.2, -0.15) is 0 Å². The molecule has 1 amide bonds. The first-order valence-corrected chi connectivity index (χ1v) is 14.1. The second-order valence-corrected chi connectivity index (χ2v) is 10.9. The van der Waals surface area contributed by atoms with Crippen molar-refractivity contribution in [3.63, 3.8) is 0 Å². The number of amides is 1. The Morgan fingerprint density at radius 1 is 1.07 bits per heavy atom. The molecule has 1 unspecified atom stereocenters. The molecule has 4 aromatic rings. The van der Waals surface area contributed by atoms with Crippen molar-refractivity contribution in [3.05, 3.63) is 110 Å². The Morgan fingerprint density at radius 2 is 1.77 bits per heavy atom. The van der Waals surface area contributed by atoms with Crippen LogP contribution < -0.4 is 11.3 Å². The fourth-order valence-electron chi connectivity index (χ4n) is 4.38. The fraction of sp³-hybridized carbons (Fsp3) is 0.267. The second-order valence-electron chi connectivity index (χ2n) is 9.54. The van der Waals surface area contributed by atoms with Crippen LogP contribution >= 0.6 is 27.5 Å². The van der Waals surface area contributed by atoms with Gasteiger partial charge in [0.1, 0.15) is 5.82 Å². The molecule has 1 aromatic heterocycles. The zero-order valence-corrected chi connectivity index (χ0v) is 24.6. The summed E-state index contributed by atoms with van der Waals surface area (Å²) in [6.45, 7) is 4.00. The van der Waals surface area contributed by atoms with Gasteiger partial charge in [0.2, 0.25) is 0 Å². The highest BCUT2D eigenvalue weighted by molar-refractivity contribution is 9.10. The molecule has 0 radical (unpaired) electrons. The lowest BCUT2D eigenvalue weighted by atomic mass is 10.1. The summed E-state index contributed by atoms with van der Waals surface area (Å²) in [5.41, 5.74) is 6.97. The number of nitrogens with two attached hydrogens (primary N) is 1. The Labute approximate surface area is 245 Å². The lowest BCUT2D eigenvalue weighted by Crippen LogP contribution is -2.44. The van der Waals surface area contributed by atoms with E-state index >= 15 is 0 Å². The molecule has 0 aliphatic carbocycles. The zero-order valence-electron chi connectivity index (χ0n) is 22.2. The molecule has 1 heterocycles. The van der Waals surface area contributed by atoms with Crippen molar-refractivity contribution >= 4 is 50.3 Å². The van der Waals surface area contributed by atoms with Crippen molar-refractivity contribution in [2.24, 2.45) is 5.73 Å². The maximum absolute atomic E-state index is 14.0. The van der Waals surface area contributed by atoms with E-state index < -0.39 is 24.0 Å². The third-order valence-electron chi connectivity index (χ3n) is 6.22. The predicted molar refractivity (Wildman–Crippen MR) is 159 cm³/mol. The van der Waals surface area contributed by atoms with Crippen molar-refractivity contribution in [3.8, 4) is 0 Å². The lowest BCUT2D eigenvalue weighted by Gasteiger charge is -2.32. The number of fused-ring (bicyclic) bond motifs is 1. The van der Waals surface area contributed by atoms with Crippen molar-refractivity contribution in [2.45, 2.75) is 39.0 Å². The smallest absolute Gasteiger partial charge is 0.337 e. The van der Waals surface area contributed by atoms with Gasteiger partial charge in [-0.05, 0) is 74.8 Å². The quantitative estimate of drug-likeness (QED) is 0.238. The van der Waals surface area contributed by atoms with Crippen LogP contribution in [-0.4, -0.2) is 45.5 Å². The van der Waals surface area contributed by atoms with Gasteiger partial charge < -0.3 is 15.4 Å². The first-order valence-electron chi connectivity index (χ1n) is 12.9. The summed E-state index contributed by atoms with van der Waals surface area (Å²) in [7, 11) is 0. The van der Waals surface area contributed by atoms with Gasteiger partial charge >= 0.3 is 5.97 Å². The van der Waals surface area contributed by atoms with Gasteiger partial charge in [0.05, 0.1) is 23.6 Å². The monoisotopic (exact) mass is 624 g/mol. The summed E-state index contributed by atoms with van der Waals surface area (Å²) in [6.07, 6.45) is -0.0610. The van der Waals surface area contributed by atoms with Crippen molar-refractivity contribution in [2.75, 3.05) is 13.1 Å². The average molecular weight is 626 g/mol. The van der Waals surface area contributed by atoms with E-state index in [-0.39, 0.29) is 31.0 Å². The highest BCUT2D eigenvalue weighted by atomic mass is 79.9. The molecule has 0 aliphatic heterocycles. The molecule has 0 spiro atoms. The van der Waals surface area contributed by atoms with Crippen LogP contribution in [0.25, 0.3) is 10.9 Å². The van der Waals surface area contributed by atoms with Crippen LogP contribution in [0, 0.1) is 0 Å². The van der Waals surface area contributed by atoms with E-state index in [4.69, 9.17) is 27.1 Å². The van der Waals surface area contributed by atoms with Gasteiger partial charge in [-0.15, -0.1) is 0 Å². The molecule has 0 saturated carbocycles. The van der Waals surface area contributed by atoms with Crippen LogP contribution in [0.4, 0.5) is 0 Å². The molecular weight excluding hydrogens is 596 g/mol. The summed E-state index contributed by atoms with van der Waals surface area (Å²) in [4.78, 5) is 47.9. The maximum Gasteiger partial charge on any atom is 0.337 e. The number of carbonyl (C=O) groups excluding carboxylic acids is 2. The minimum Gasteiger partial charge on any atom is -0.461 e. The van der Waals surface area contributed by atoms with Gasteiger partial charge in [0, 0.05) is 21.6 Å². The summed E-state index contributed by atoms with van der Waals surface area (Å²) >= 11 is 9.65. The van der Waals surface area contributed by atoms with E-state index in [1.165, 1.54) is 9.47 Å².